The fraction of sp³-hybridized carbons (Fsp3) is 0. The molecule has 0 saturated heterocycles. The maximum atomic E-state index is 10.1. The highest BCUT2D eigenvalue weighted by molar-refractivity contribution is 9.11. The van der Waals surface area contributed by atoms with Crippen molar-refractivity contribution < 1.29 is 10.2 Å². The smallest absolute Gasteiger partial charge is 0.126 e. The second kappa shape index (κ2) is 9.35. The molecule has 4 nitrogen and oxygen atoms in total. The molecule has 0 aliphatic carbocycles. The van der Waals surface area contributed by atoms with E-state index in [1.54, 1.807) is 24.6 Å². The zero-order valence-corrected chi connectivity index (χ0v) is 20.4. The summed E-state index contributed by atoms with van der Waals surface area (Å²) in [5.41, 5.74) is 2.38. The Morgan fingerprint density at radius 2 is 1.04 bits per heavy atom. The van der Waals surface area contributed by atoms with E-state index in [1.807, 2.05) is 36.4 Å². The minimum Gasteiger partial charge on any atom is -0.507 e. The van der Waals surface area contributed by atoms with Crippen LogP contribution < -0.4 is 0 Å². The van der Waals surface area contributed by atoms with E-state index in [2.05, 4.69) is 73.7 Å². The van der Waals surface area contributed by atoms with Crippen LogP contribution in [-0.2, 0) is 0 Å². The summed E-state index contributed by atoms with van der Waals surface area (Å²) in [6.45, 7) is 0. The molecule has 2 N–H and O–H groups in total. The third kappa shape index (κ3) is 5.11. The van der Waals surface area contributed by atoms with Crippen molar-refractivity contribution in [2.45, 2.75) is 0 Å². The Balaban J connectivity index is 1.95. The van der Waals surface area contributed by atoms with Crippen LogP contribution in [0.2, 0.25) is 0 Å². The van der Waals surface area contributed by atoms with Crippen LogP contribution >= 0.6 is 63.7 Å². The summed E-state index contributed by atoms with van der Waals surface area (Å²) in [6, 6.07) is 14.2. The van der Waals surface area contributed by atoms with E-state index in [-0.39, 0.29) is 11.5 Å². The van der Waals surface area contributed by atoms with Gasteiger partial charge in [0.05, 0.1) is 11.4 Å². The number of phenolic OH excluding ortho intramolecular Hbond substituents is 2. The first-order valence-corrected chi connectivity index (χ1v) is 11.1. The van der Waals surface area contributed by atoms with E-state index in [4.69, 9.17) is 0 Å². The van der Waals surface area contributed by atoms with Crippen LogP contribution in [0, 0.1) is 0 Å². The summed E-state index contributed by atoms with van der Waals surface area (Å²) in [4.78, 5) is 8.95. The Bertz CT molecular complexity index is 965. The zero-order chi connectivity index (χ0) is 20.3. The number of halogens is 4. The Morgan fingerprint density at radius 3 is 1.39 bits per heavy atom. The number of hydrogen-bond donors (Lipinski definition) is 2. The SMILES string of the molecule is Oc1cc(Br)cc(Br)c1C=Nc1ccccc1N=Cc1c(O)cc(Br)cc1Br. The standard InChI is InChI=1S/C20H12Br4N2O2/c21-11-5-15(23)13(19(27)7-11)9-25-17-3-1-2-4-18(17)26-10-14-16(24)6-12(22)8-20(14)28/h1-10,27-28H. The van der Waals surface area contributed by atoms with Crippen molar-refractivity contribution in [3.8, 4) is 11.5 Å². The van der Waals surface area contributed by atoms with Gasteiger partial charge < -0.3 is 10.2 Å². The third-order valence-electron chi connectivity index (χ3n) is 3.69. The van der Waals surface area contributed by atoms with Crippen LogP contribution in [0.5, 0.6) is 11.5 Å². The van der Waals surface area contributed by atoms with Crippen molar-refractivity contribution in [3.05, 3.63) is 77.5 Å². The molecule has 0 bridgehead atoms. The van der Waals surface area contributed by atoms with Gasteiger partial charge in [-0.05, 0) is 68.3 Å². The van der Waals surface area contributed by atoms with Crippen LogP contribution in [0.3, 0.4) is 0 Å². The molecule has 0 radical (unpaired) electrons. The summed E-state index contributed by atoms with van der Waals surface area (Å²) in [5, 5.41) is 20.3. The molecule has 0 unspecified atom stereocenters. The van der Waals surface area contributed by atoms with Crippen molar-refractivity contribution in [2.75, 3.05) is 0 Å². The Hall–Kier alpha value is -1.48. The molecule has 0 saturated carbocycles. The first-order valence-electron chi connectivity index (χ1n) is 7.88. The molecule has 3 aromatic rings. The van der Waals surface area contributed by atoms with Crippen LogP contribution in [0.15, 0.2) is 76.4 Å². The number of rotatable bonds is 4. The number of aromatic hydroxyl groups is 2. The minimum atomic E-state index is 0.106. The number of phenols is 2. The van der Waals surface area contributed by atoms with E-state index in [9.17, 15) is 10.2 Å². The van der Waals surface area contributed by atoms with Gasteiger partial charge in [0.2, 0.25) is 0 Å². The second-order valence-electron chi connectivity index (χ2n) is 5.65. The molecule has 8 heteroatoms. The van der Waals surface area contributed by atoms with Gasteiger partial charge >= 0.3 is 0 Å². The fourth-order valence-electron chi connectivity index (χ4n) is 2.35. The Kier molecular flexibility index (Phi) is 7.09. The lowest BCUT2D eigenvalue weighted by molar-refractivity contribution is 0.473. The van der Waals surface area contributed by atoms with Gasteiger partial charge in [-0.25, -0.2) is 0 Å². The van der Waals surface area contributed by atoms with Crippen LogP contribution in [0.25, 0.3) is 0 Å². The van der Waals surface area contributed by atoms with Gasteiger partial charge in [0.25, 0.3) is 0 Å². The van der Waals surface area contributed by atoms with Crippen molar-refractivity contribution in [2.24, 2.45) is 9.98 Å². The topological polar surface area (TPSA) is 65.2 Å². The predicted molar refractivity (Wildman–Crippen MR) is 128 cm³/mol. The lowest BCUT2D eigenvalue weighted by atomic mass is 10.2. The van der Waals surface area contributed by atoms with E-state index < -0.39 is 0 Å². The van der Waals surface area contributed by atoms with Crippen molar-refractivity contribution >= 4 is 87.5 Å². The first kappa shape index (κ1) is 21.2. The molecular weight excluding hydrogens is 620 g/mol. The number of para-hydroxylation sites is 2. The zero-order valence-electron chi connectivity index (χ0n) is 14.1. The highest BCUT2D eigenvalue weighted by Gasteiger charge is 2.08. The normalized spacial score (nSPS) is 11.6. The molecule has 0 spiro atoms. The summed E-state index contributed by atoms with van der Waals surface area (Å²) in [5.74, 6) is 0.212. The number of nitrogens with zero attached hydrogens (tertiary/aromatic N) is 2. The van der Waals surface area contributed by atoms with Crippen molar-refractivity contribution in [1.29, 1.82) is 0 Å². The lowest BCUT2D eigenvalue weighted by Crippen LogP contribution is -1.86. The molecule has 142 valence electrons. The third-order valence-corrected chi connectivity index (χ3v) is 5.92. The van der Waals surface area contributed by atoms with E-state index in [1.165, 1.54) is 0 Å². The Labute approximate surface area is 195 Å². The van der Waals surface area contributed by atoms with Crippen LogP contribution in [0.1, 0.15) is 11.1 Å². The quantitative estimate of drug-likeness (QED) is 0.291. The number of aliphatic imine (C=N–C) groups is 2. The second-order valence-corrected chi connectivity index (χ2v) is 9.19. The Morgan fingerprint density at radius 1 is 0.643 bits per heavy atom. The van der Waals surface area contributed by atoms with Gasteiger partial charge in [-0.1, -0.05) is 44.0 Å². The molecule has 3 rings (SSSR count). The highest BCUT2D eigenvalue weighted by Crippen LogP contribution is 2.33. The molecule has 0 heterocycles. The van der Waals surface area contributed by atoms with Gasteiger partial charge in [0.1, 0.15) is 11.5 Å². The summed E-state index contributed by atoms with van der Waals surface area (Å²) in [7, 11) is 0. The average Bonchev–Trinajstić information content (AvgIpc) is 2.61. The van der Waals surface area contributed by atoms with Gasteiger partial charge in [-0.2, -0.15) is 0 Å². The molecule has 0 atom stereocenters. The summed E-state index contributed by atoms with van der Waals surface area (Å²) < 4.78 is 2.96. The maximum Gasteiger partial charge on any atom is 0.126 e. The summed E-state index contributed by atoms with van der Waals surface area (Å²) >= 11 is 13.5. The minimum absolute atomic E-state index is 0.106. The van der Waals surface area contributed by atoms with Crippen molar-refractivity contribution in [1.82, 2.24) is 0 Å². The molecule has 3 aromatic carbocycles. The molecular formula is C20H12Br4N2O2. The largest absolute Gasteiger partial charge is 0.507 e. The highest BCUT2D eigenvalue weighted by atomic mass is 79.9. The molecule has 0 aromatic heterocycles. The molecule has 0 amide bonds. The summed E-state index contributed by atoms with van der Waals surface area (Å²) in [6.07, 6.45) is 3.15. The molecule has 0 aliphatic rings. The van der Waals surface area contributed by atoms with E-state index in [0.717, 1.165) is 8.95 Å². The van der Waals surface area contributed by atoms with Crippen LogP contribution in [-0.4, -0.2) is 22.6 Å². The monoisotopic (exact) mass is 628 g/mol. The van der Waals surface area contributed by atoms with Gasteiger partial charge in [0.15, 0.2) is 0 Å². The predicted octanol–water partition coefficient (Wildman–Crippen LogP) is 7.65. The van der Waals surface area contributed by atoms with Gasteiger partial charge in [-0.3, -0.25) is 9.98 Å². The van der Waals surface area contributed by atoms with E-state index in [0.29, 0.717) is 31.4 Å². The number of hydrogen-bond acceptors (Lipinski definition) is 4. The molecule has 0 fully saturated rings. The maximum absolute atomic E-state index is 10.1. The average molecular weight is 632 g/mol. The first-order chi connectivity index (χ1) is 13.3. The fourth-order valence-corrected chi connectivity index (χ4v) is 4.96. The van der Waals surface area contributed by atoms with E-state index >= 15 is 0 Å². The van der Waals surface area contributed by atoms with Crippen LogP contribution in [0.4, 0.5) is 11.4 Å². The molecule has 28 heavy (non-hydrogen) atoms. The number of benzene rings is 3. The molecule has 0 aliphatic heterocycles. The van der Waals surface area contributed by atoms with Crippen molar-refractivity contribution in [3.63, 3.8) is 0 Å². The van der Waals surface area contributed by atoms with Gasteiger partial charge in [-0.15, -0.1) is 0 Å². The lowest BCUT2D eigenvalue weighted by Gasteiger charge is -2.05. The van der Waals surface area contributed by atoms with Gasteiger partial charge in [0, 0.05) is 41.4 Å².